The van der Waals surface area contributed by atoms with Crippen LogP contribution in [0, 0.1) is 0 Å². The van der Waals surface area contributed by atoms with Gasteiger partial charge in [0.1, 0.15) is 12.4 Å². The van der Waals surface area contributed by atoms with Crippen LogP contribution in [-0.2, 0) is 0 Å². The third-order valence-corrected chi connectivity index (χ3v) is 2.34. The topological polar surface area (TPSA) is 106 Å². The second-order valence-corrected chi connectivity index (χ2v) is 3.54. The van der Waals surface area contributed by atoms with Crippen molar-refractivity contribution < 1.29 is 15.0 Å². The summed E-state index contributed by atoms with van der Waals surface area (Å²) in [5.74, 6) is 0. The van der Waals surface area contributed by atoms with Crippen molar-refractivity contribution in [1.82, 2.24) is 0 Å². The molecule has 1 rings (SSSR count). The number of aliphatic hydroxyl groups excluding tert-OH is 2. The Bertz CT molecular complexity index is 430. The van der Waals surface area contributed by atoms with Gasteiger partial charge in [-0.3, -0.25) is 4.79 Å². The summed E-state index contributed by atoms with van der Waals surface area (Å²) in [6, 6.07) is 6.36. The van der Waals surface area contributed by atoms with Crippen LogP contribution in [0.2, 0.25) is 0 Å². The molecule has 0 saturated carbocycles. The molecule has 17 heavy (non-hydrogen) atoms. The summed E-state index contributed by atoms with van der Waals surface area (Å²) < 4.78 is 0. The van der Waals surface area contributed by atoms with Gasteiger partial charge in [0.25, 0.3) is 0 Å². The molecule has 1 aromatic carbocycles. The molecule has 0 fully saturated rings. The van der Waals surface area contributed by atoms with E-state index < -0.39 is 12.2 Å². The lowest BCUT2D eigenvalue weighted by molar-refractivity contribution is 0.0150. The largest absolute Gasteiger partial charge is 0.390 e. The number of aliphatic hydroxyl groups is 2. The zero-order valence-corrected chi connectivity index (χ0v) is 9.10. The molecule has 6 nitrogen and oxygen atoms in total. The molecule has 0 amide bonds. The van der Waals surface area contributed by atoms with Gasteiger partial charge < -0.3 is 10.2 Å². The molecule has 0 spiro atoms. The minimum Gasteiger partial charge on any atom is -0.390 e. The Morgan fingerprint density at radius 2 is 2.24 bits per heavy atom. The van der Waals surface area contributed by atoms with Gasteiger partial charge in [0.05, 0.1) is 6.10 Å². The van der Waals surface area contributed by atoms with Crippen LogP contribution in [0.15, 0.2) is 29.4 Å². The van der Waals surface area contributed by atoms with Gasteiger partial charge in [0, 0.05) is 17.0 Å². The highest BCUT2D eigenvalue weighted by molar-refractivity contribution is 5.74. The fourth-order valence-corrected chi connectivity index (χ4v) is 1.43. The van der Waals surface area contributed by atoms with Gasteiger partial charge in [0.15, 0.2) is 0 Å². The van der Waals surface area contributed by atoms with Gasteiger partial charge in [0.2, 0.25) is 0 Å². The fourth-order valence-electron chi connectivity index (χ4n) is 1.43. The van der Waals surface area contributed by atoms with Crippen LogP contribution in [-0.4, -0.2) is 29.1 Å². The molecule has 0 bridgehead atoms. The lowest BCUT2D eigenvalue weighted by atomic mass is 10.0. The van der Waals surface area contributed by atoms with E-state index in [0.717, 1.165) is 0 Å². The third kappa shape index (κ3) is 3.88. The predicted octanol–water partition coefficient (Wildman–Crippen LogP) is 1.59. The number of carbonyl (C=O) groups is 1. The molecular formula is C11H13N3O3. The summed E-state index contributed by atoms with van der Waals surface area (Å²) in [6.45, 7) is 0.113. The number of hydrogen-bond acceptors (Lipinski definition) is 4. The van der Waals surface area contributed by atoms with Crippen LogP contribution in [0.4, 0.5) is 0 Å². The van der Waals surface area contributed by atoms with Crippen LogP contribution < -0.4 is 0 Å². The van der Waals surface area contributed by atoms with E-state index in [-0.39, 0.29) is 13.0 Å². The first-order valence-electron chi connectivity index (χ1n) is 5.11. The summed E-state index contributed by atoms with van der Waals surface area (Å²) >= 11 is 0. The highest BCUT2D eigenvalue weighted by Gasteiger charge is 2.17. The lowest BCUT2D eigenvalue weighted by Crippen LogP contribution is -2.19. The van der Waals surface area contributed by atoms with Gasteiger partial charge in [-0.05, 0) is 23.6 Å². The Labute approximate surface area is 98.1 Å². The summed E-state index contributed by atoms with van der Waals surface area (Å²) in [5, 5.41) is 22.7. The van der Waals surface area contributed by atoms with Crippen LogP contribution >= 0.6 is 0 Å². The normalized spacial score (nSPS) is 13.5. The minimum atomic E-state index is -1.09. The first-order chi connectivity index (χ1) is 8.19. The minimum absolute atomic E-state index is 0.113. The number of rotatable bonds is 6. The number of benzene rings is 1. The number of nitrogens with zero attached hydrogens (tertiary/aromatic N) is 3. The van der Waals surface area contributed by atoms with E-state index in [1.54, 1.807) is 18.2 Å². The molecule has 6 heteroatoms. The van der Waals surface area contributed by atoms with Crippen molar-refractivity contribution in [3.8, 4) is 0 Å². The van der Waals surface area contributed by atoms with Gasteiger partial charge >= 0.3 is 0 Å². The van der Waals surface area contributed by atoms with E-state index in [0.29, 0.717) is 17.4 Å². The van der Waals surface area contributed by atoms with Gasteiger partial charge in [-0.1, -0.05) is 23.3 Å². The molecule has 2 N–H and O–H groups in total. The van der Waals surface area contributed by atoms with E-state index in [1.165, 1.54) is 6.07 Å². The van der Waals surface area contributed by atoms with E-state index in [9.17, 15) is 15.0 Å². The van der Waals surface area contributed by atoms with Crippen molar-refractivity contribution >= 4 is 6.29 Å². The van der Waals surface area contributed by atoms with Crippen molar-refractivity contribution in [2.24, 2.45) is 5.11 Å². The quantitative estimate of drug-likeness (QED) is 0.338. The van der Waals surface area contributed by atoms with E-state index >= 15 is 0 Å². The monoisotopic (exact) mass is 235 g/mol. The first-order valence-corrected chi connectivity index (χ1v) is 5.11. The Kier molecular flexibility index (Phi) is 5.16. The first kappa shape index (κ1) is 13.2. The summed E-state index contributed by atoms with van der Waals surface area (Å²) in [5.41, 5.74) is 8.97. The third-order valence-electron chi connectivity index (χ3n) is 2.34. The van der Waals surface area contributed by atoms with Crippen molar-refractivity contribution in [2.75, 3.05) is 6.54 Å². The highest BCUT2D eigenvalue weighted by atomic mass is 16.3. The zero-order chi connectivity index (χ0) is 12.7. The van der Waals surface area contributed by atoms with Crippen molar-refractivity contribution in [1.29, 1.82) is 0 Å². The van der Waals surface area contributed by atoms with E-state index in [1.807, 2.05) is 0 Å². The van der Waals surface area contributed by atoms with Gasteiger partial charge in [-0.25, -0.2) is 0 Å². The summed E-state index contributed by atoms with van der Waals surface area (Å²) in [4.78, 5) is 13.1. The maximum atomic E-state index is 10.6. The second kappa shape index (κ2) is 6.65. The molecule has 0 heterocycles. The Morgan fingerprint density at radius 3 is 2.88 bits per heavy atom. The molecule has 0 aliphatic carbocycles. The Morgan fingerprint density at radius 1 is 1.47 bits per heavy atom. The summed E-state index contributed by atoms with van der Waals surface area (Å²) in [6.07, 6.45) is -1.29. The van der Waals surface area contributed by atoms with Crippen molar-refractivity contribution in [3.63, 3.8) is 0 Å². The number of hydrogen-bond donors (Lipinski definition) is 2. The van der Waals surface area contributed by atoms with Crippen LogP contribution in [0.5, 0.6) is 0 Å². The fraction of sp³-hybridized carbons (Fsp3) is 0.364. The molecule has 0 aromatic heterocycles. The van der Waals surface area contributed by atoms with E-state index in [2.05, 4.69) is 10.0 Å². The standard InChI is InChI=1S/C11H13N3O3/c12-14-13-5-4-10(16)11(17)9-3-1-2-8(6-9)7-15/h1-3,6-7,10-11,16-17H,4-5H2. The maximum Gasteiger partial charge on any atom is 0.150 e. The lowest BCUT2D eigenvalue weighted by Gasteiger charge is -2.17. The number of azide groups is 1. The molecule has 2 unspecified atom stereocenters. The predicted molar refractivity (Wildman–Crippen MR) is 61.4 cm³/mol. The van der Waals surface area contributed by atoms with Crippen LogP contribution in [0.1, 0.15) is 28.4 Å². The average molecular weight is 235 g/mol. The average Bonchev–Trinajstić information content (AvgIpc) is 2.38. The maximum absolute atomic E-state index is 10.6. The van der Waals surface area contributed by atoms with Crippen LogP contribution in [0.25, 0.3) is 10.4 Å². The molecule has 2 atom stereocenters. The SMILES string of the molecule is [N-]=[N+]=NCCC(O)C(O)c1cccc(C=O)c1. The zero-order valence-electron chi connectivity index (χ0n) is 9.10. The number of carbonyl (C=O) groups excluding carboxylic acids is 1. The molecule has 0 aliphatic heterocycles. The van der Waals surface area contributed by atoms with Crippen molar-refractivity contribution in [2.45, 2.75) is 18.6 Å². The summed E-state index contributed by atoms with van der Waals surface area (Å²) in [7, 11) is 0. The smallest absolute Gasteiger partial charge is 0.150 e. The molecule has 90 valence electrons. The highest BCUT2D eigenvalue weighted by Crippen LogP contribution is 2.19. The van der Waals surface area contributed by atoms with Crippen LogP contribution in [0.3, 0.4) is 0 Å². The molecule has 0 aliphatic rings. The van der Waals surface area contributed by atoms with Gasteiger partial charge in [-0.15, -0.1) is 0 Å². The molecule has 1 aromatic rings. The Balaban J connectivity index is 2.69. The second-order valence-electron chi connectivity index (χ2n) is 3.54. The molecular weight excluding hydrogens is 222 g/mol. The van der Waals surface area contributed by atoms with Crippen molar-refractivity contribution in [3.05, 3.63) is 45.8 Å². The number of aldehydes is 1. The van der Waals surface area contributed by atoms with E-state index in [4.69, 9.17) is 5.53 Å². The Hall–Kier alpha value is -1.88. The molecule has 0 saturated heterocycles. The van der Waals surface area contributed by atoms with Gasteiger partial charge in [-0.2, -0.15) is 0 Å². The molecule has 0 radical (unpaired) electrons.